The molecular formula is C19H33IN4O2. The first kappa shape index (κ1) is 23.1. The van der Waals surface area contributed by atoms with Crippen LogP contribution in [-0.4, -0.2) is 63.4 Å². The maximum atomic E-state index is 5.42. The smallest absolute Gasteiger partial charge is 0.191 e. The van der Waals surface area contributed by atoms with Crippen molar-refractivity contribution < 1.29 is 9.47 Å². The van der Waals surface area contributed by atoms with Gasteiger partial charge in [-0.05, 0) is 25.0 Å². The minimum absolute atomic E-state index is 0. The second-order valence-electron chi connectivity index (χ2n) is 6.33. The largest absolute Gasteiger partial charge is 0.380 e. The molecule has 1 atom stereocenters. The van der Waals surface area contributed by atoms with E-state index in [1.54, 1.807) is 7.11 Å². The lowest BCUT2D eigenvalue weighted by atomic mass is 10.1. The lowest BCUT2D eigenvalue weighted by molar-refractivity contribution is 0.0211. The third kappa shape index (κ3) is 8.20. The molecule has 1 saturated heterocycles. The monoisotopic (exact) mass is 476 g/mol. The number of nitrogens with one attached hydrogen (secondary N) is 2. The molecule has 0 aromatic heterocycles. The third-order valence-corrected chi connectivity index (χ3v) is 4.30. The van der Waals surface area contributed by atoms with Crippen LogP contribution < -0.4 is 10.6 Å². The van der Waals surface area contributed by atoms with Crippen LogP contribution in [0.25, 0.3) is 0 Å². The van der Waals surface area contributed by atoms with Crippen LogP contribution in [0, 0.1) is 0 Å². The summed E-state index contributed by atoms with van der Waals surface area (Å²) < 4.78 is 10.6. The second kappa shape index (κ2) is 13.3. The first-order valence-corrected chi connectivity index (χ1v) is 9.13. The number of hydrogen-bond donors (Lipinski definition) is 2. The van der Waals surface area contributed by atoms with Gasteiger partial charge in [0.05, 0.1) is 26.4 Å². The summed E-state index contributed by atoms with van der Waals surface area (Å²) in [5.74, 6) is 0.861. The fraction of sp³-hybridized carbons (Fsp3) is 0.632. The molecule has 1 aromatic rings. The number of nitrogens with zero attached hydrogens (tertiary/aromatic N) is 2. The molecule has 6 nitrogen and oxygen atoms in total. The number of halogens is 1. The van der Waals surface area contributed by atoms with Gasteiger partial charge in [0.2, 0.25) is 0 Å². The Morgan fingerprint density at radius 1 is 1.27 bits per heavy atom. The van der Waals surface area contributed by atoms with Crippen molar-refractivity contribution >= 4 is 29.9 Å². The molecule has 1 fully saturated rings. The van der Waals surface area contributed by atoms with Crippen LogP contribution in [0.2, 0.25) is 0 Å². The number of aliphatic imine (C=N–C) groups is 1. The summed E-state index contributed by atoms with van der Waals surface area (Å²) in [7, 11) is 1.72. The zero-order chi connectivity index (χ0) is 17.9. The summed E-state index contributed by atoms with van der Waals surface area (Å²) >= 11 is 0. The molecule has 0 radical (unpaired) electrons. The predicted molar refractivity (Wildman–Crippen MR) is 117 cm³/mol. The molecule has 1 aromatic carbocycles. The zero-order valence-corrected chi connectivity index (χ0v) is 18.5. The lowest BCUT2D eigenvalue weighted by Crippen LogP contribution is -2.49. The van der Waals surface area contributed by atoms with Crippen LogP contribution in [0.1, 0.15) is 25.0 Å². The quantitative estimate of drug-likeness (QED) is 0.343. The minimum atomic E-state index is 0. The Kier molecular flexibility index (Phi) is 11.8. The van der Waals surface area contributed by atoms with E-state index in [4.69, 9.17) is 14.5 Å². The van der Waals surface area contributed by atoms with Crippen LogP contribution in [0.3, 0.4) is 0 Å². The molecule has 1 aliphatic heterocycles. The number of ether oxygens (including phenoxy) is 2. The van der Waals surface area contributed by atoms with Crippen LogP contribution in [0.15, 0.2) is 29.3 Å². The van der Waals surface area contributed by atoms with Crippen molar-refractivity contribution in [1.82, 2.24) is 15.5 Å². The Morgan fingerprint density at radius 3 is 2.69 bits per heavy atom. The lowest BCUT2D eigenvalue weighted by Gasteiger charge is -2.32. The van der Waals surface area contributed by atoms with Crippen molar-refractivity contribution in [3.63, 3.8) is 0 Å². The summed E-state index contributed by atoms with van der Waals surface area (Å²) in [6, 6.07) is 8.83. The van der Waals surface area contributed by atoms with Crippen molar-refractivity contribution in [2.45, 2.75) is 33.0 Å². The van der Waals surface area contributed by atoms with E-state index in [0.29, 0.717) is 19.2 Å². The molecule has 0 spiro atoms. The van der Waals surface area contributed by atoms with Crippen LogP contribution >= 0.6 is 24.0 Å². The summed E-state index contributed by atoms with van der Waals surface area (Å²) in [6.45, 7) is 11.0. The first-order chi connectivity index (χ1) is 12.2. The van der Waals surface area contributed by atoms with Gasteiger partial charge in [0.25, 0.3) is 0 Å². The molecule has 26 heavy (non-hydrogen) atoms. The number of rotatable bonds is 8. The maximum Gasteiger partial charge on any atom is 0.191 e. The van der Waals surface area contributed by atoms with Gasteiger partial charge in [0.1, 0.15) is 0 Å². The summed E-state index contributed by atoms with van der Waals surface area (Å²) in [6.07, 6.45) is 0. The SMILES string of the molecule is CCNC(=NCc1cccc(COC)c1)NCC(C)N1CCOCC1.I. The number of methoxy groups -OCH3 is 1. The molecule has 0 saturated carbocycles. The van der Waals surface area contributed by atoms with Gasteiger partial charge in [-0.3, -0.25) is 4.90 Å². The molecule has 1 unspecified atom stereocenters. The van der Waals surface area contributed by atoms with Gasteiger partial charge in [0, 0.05) is 39.3 Å². The molecule has 148 valence electrons. The second-order valence-corrected chi connectivity index (χ2v) is 6.33. The van der Waals surface area contributed by atoms with Gasteiger partial charge in [0.15, 0.2) is 5.96 Å². The maximum absolute atomic E-state index is 5.42. The number of hydrogen-bond acceptors (Lipinski definition) is 4. The Morgan fingerprint density at radius 2 is 2.00 bits per heavy atom. The highest BCUT2D eigenvalue weighted by Crippen LogP contribution is 2.08. The highest BCUT2D eigenvalue weighted by Gasteiger charge is 2.16. The molecule has 1 aliphatic rings. The van der Waals surface area contributed by atoms with E-state index in [9.17, 15) is 0 Å². The average Bonchev–Trinajstić information content (AvgIpc) is 2.65. The fourth-order valence-corrected chi connectivity index (χ4v) is 2.89. The van der Waals surface area contributed by atoms with Crippen molar-refractivity contribution in [3.8, 4) is 0 Å². The molecule has 0 amide bonds. The Bertz CT molecular complexity index is 536. The summed E-state index contributed by atoms with van der Waals surface area (Å²) in [4.78, 5) is 7.17. The van der Waals surface area contributed by atoms with Gasteiger partial charge < -0.3 is 20.1 Å². The minimum Gasteiger partial charge on any atom is -0.380 e. The zero-order valence-electron chi connectivity index (χ0n) is 16.2. The molecule has 7 heteroatoms. The molecular weight excluding hydrogens is 443 g/mol. The summed E-state index contributed by atoms with van der Waals surface area (Å²) in [5.41, 5.74) is 2.36. The van der Waals surface area contributed by atoms with E-state index >= 15 is 0 Å². The number of benzene rings is 1. The van der Waals surface area contributed by atoms with E-state index in [0.717, 1.165) is 45.4 Å². The first-order valence-electron chi connectivity index (χ1n) is 9.13. The Hall–Kier alpha value is -0.900. The molecule has 0 aliphatic carbocycles. The molecule has 0 bridgehead atoms. The van der Waals surface area contributed by atoms with Crippen LogP contribution in [0.4, 0.5) is 0 Å². The van der Waals surface area contributed by atoms with Gasteiger partial charge >= 0.3 is 0 Å². The standard InChI is InChI=1S/C19H32N4O2.HI/c1-4-20-19(21-13-16(2)23-8-10-25-11-9-23)22-14-17-6-5-7-18(12-17)15-24-3;/h5-7,12,16H,4,8-11,13-15H2,1-3H3,(H2,20,21,22);1H. The topological polar surface area (TPSA) is 58.1 Å². The highest BCUT2D eigenvalue weighted by atomic mass is 127. The van der Waals surface area contributed by atoms with Gasteiger partial charge in [-0.25, -0.2) is 4.99 Å². The van der Waals surface area contributed by atoms with Crippen molar-refractivity contribution in [2.75, 3.05) is 46.5 Å². The van der Waals surface area contributed by atoms with Gasteiger partial charge in [-0.2, -0.15) is 0 Å². The van der Waals surface area contributed by atoms with E-state index in [1.807, 2.05) is 0 Å². The van der Waals surface area contributed by atoms with Crippen LogP contribution in [0.5, 0.6) is 0 Å². The third-order valence-electron chi connectivity index (χ3n) is 4.30. The van der Waals surface area contributed by atoms with Crippen molar-refractivity contribution in [1.29, 1.82) is 0 Å². The summed E-state index contributed by atoms with van der Waals surface area (Å²) in [5, 5.41) is 6.78. The van der Waals surface area contributed by atoms with Crippen LogP contribution in [-0.2, 0) is 22.6 Å². The highest BCUT2D eigenvalue weighted by molar-refractivity contribution is 14.0. The molecule has 2 rings (SSSR count). The Labute approximate surface area is 174 Å². The molecule has 2 N–H and O–H groups in total. The average molecular weight is 476 g/mol. The fourth-order valence-electron chi connectivity index (χ4n) is 2.89. The Balaban J connectivity index is 0.00000338. The van der Waals surface area contributed by atoms with E-state index in [2.05, 4.69) is 53.6 Å². The van der Waals surface area contributed by atoms with Gasteiger partial charge in [-0.15, -0.1) is 24.0 Å². The normalized spacial score (nSPS) is 16.7. The predicted octanol–water partition coefficient (Wildman–Crippen LogP) is 2.23. The van der Waals surface area contributed by atoms with Crippen molar-refractivity contribution in [3.05, 3.63) is 35.4 Å². The van der Waals surface area contributed by atoms with E-state index in [1.165, 1.54) is 11.1 Å². The van der Waals surface area contributed by atoms with E-state index in [-0.39, 0.29) is 24.0 Å². The number of morpholine rings is 1. The molecule has 1 heterocycles. The van der Waals surface area contributed by atoms with Crippen molar-refractivity contribution in [2.24, 2.45) is 4.99 Å². The number of guanidine groups is 1. The van der Waals surface area contributed by atoms with Gasteiger partial charge in [-0.1, -0.05) is 24.3 Å². The van der Waals surface area contributed by atoms with E-state index < -0.39 is 0 Å².